The molecule has 0 radical (unpaired) electrons. The Morgan fingerprint density at radius 3 is 2.67 bits per heavy atom. The van der Waals surface area contributed by atoms with Crippen molar-refractivity contribution in [1.82, 2.24) is 19.7 Å². The number of anilines is 1. The molecule has 4 heterocycles. The number of nitrogens with zero attached hydrogens (tertiary/aromatic N) is 4. The number of piperidine rings is 1. The molecule has 1 spiro atoms. The Balaban J connectivity index is 1.67. The van der Waals surface area contributed by atoms with E-state index in [0.29, 0.717) is 28.1 Å². The molecule has 2 aromatic rings. The number of hydrogen-bond acceptors (Lipinski definition) is 6. The van der Waals surface area contributed by atoms with Crippen molar-refractivity contribution < 1.29 is 9.84 Å². The van der Waals surface area contributed by atoms with Crippen LogP contribution < -0.4 is 10.5 Å². The molecule has 0 aromatic carbocycles. The van der Waals surface area contributed by atoms with Crippen molar-refractivity contribution in [3.8, 4) is 11.8 Å². The van der Waals surface area contributed by atoms with Crippen molar-refractivity contribution >= 4 is 17.0 Å². The maximum atomic E-state index is 12.9. The van der Waals surface area contributed by atoms with Gasteiger partial charge >= 0.3 is 0 Å². The lowest BCUT2D eigenvalue weighted by atomic mass is 9.78. The number of ether oxygens (including phenoxy) is 1. The third kappa shape index (κ3) is 3.33. The van der Waals surface area contributed by atoms with Gasteiger partial charge in [0, 0.05) is 26.7 Å². The van der Waals surface area contributed by atoms with E-state index >= 15 is 0 Å². The fourth-order valence-electron chi connectivity index (χ4n) is 3.86. The number of rotatable bonds is 1. The van der Waals surface area contributed by atoms with Crippen molar-refractivity contribution in [2.75, 3.05) is 31.2 Å². The van der Waals surface area contributed by atoms with Gasteiger partial charge in [0.2, 0.25) is 5.95 Å². The molecule has 8 heteroatoms. The quantitative estimate of drug-likeness (QED) is 0.720. The van der Waals surface area contributed by atoms with Crippen LogP contribution in [0.4, 0.5) is 5.95 Å². The van der Waals surface area contributed by atoms with Crippen LogP contribution in [0.25, 0.3) is 11.0 Å². The molecule has 4 rings (SSSR count). The first kappa shape index (κ1) is 18.0. The van der Waals surface area contributed by atoms with Crippen LogP contribution in [0.15, 0.2) is 4.79 Å². The van der Waals surface area contributed by atoms with Gasteiger partial charge < -0.3 is 14.7 Å². The van der Waals surface area contributed by atoms with Crippen LogP contribution in [0.2, 0.25) is 0 Å². The van der Waals surface area contributed by atoms with Gasteiger partial charge in [-0.25, -0.2) is 0 Å². The van der Waals surface area contributed by atoms with Gasteiger partial charge in [-0.2, -0.15) is 10.1 Å². The molecule has 0 unspecified atom stereocenters. The third-order valence-electron chi connectivity index (χ3n) is 5.56. The lowest BCUT2D eigenvalue weighted by Gasteiger charge is -2.39. The smallest absolute Gasteiger partial charge is 0.267 e. The van der Waals surface area contributed by atoms with Crippen LogP contribution in [-0.4, -0.2) is 56.8 Å². The predicted octanol–water partition coefficient (Wildman–Crippen LogP) is 0.786. The zero-order valence-electron chi connectivity index (χ0n) is 16.0. The molecular formula is C19H25N5O3. The van der Waals surface area contributed by atoms with E-state index in [9.17, 15) is 9.90 Å². The first-order chi connectivity index (χ1) is 12.8. The van der Waals surface area contributed by atoms with Crippen molar-refractivity contribution in [3.63, 3.8) is 0 Å². The number of hydrogen-bond donors (Lipinski definition) is 2. The molecule has 8 nitrogen and oxygen atoms in total. The largest absolute Gasteiger partial charge is 0.381 e. The second-order valence-corrected chi connectivity index (χ2v) is 8.17. The number of fused-ring (bicyclic) bond motifs is 1. The van der Waals surface area contributed by atoms with E-state index in [1.54, 1.807) is 25.5 Å². The second-order valence-electron chi connectivity index (χ2n) is 8.17. The summed E-state index contributed by atoms with van der Waals surface area (Å²) >= 11 is 0. The summed E-state index contributed by atoms with van der Waals surface area (Å²) in [7, 11) is 1.73. The highest BCUT2D eigenvalue weighted by Gasteiger charge is 2.38. The van der Waals surface area contributed by atoms with Crippen molar-refractivity contribution in [2.45, 2.75) is 38.7 Å². The Bertz CT molecular complexity index is 973. The van der Waals surface area contributed by atoms with Crippen LogP contribution in [0.3, 0.4) is 0 Å². The number of aliphatic hydroxyl groups is 1. The highest BCUT2D eigenvalue weighted by molar-refractivity contribution is 5.81. The minimum atomic E-state index is -1.16. The Labute approximate surface area is 157 Å². The fourth-order valence-corrected chi connectivity index (χ4v) is 3.86. The average molecular weight is 371 g/mol. The topological polar surface area (TPSA) is 96.3 Å². The highest BCUT2D eigenvalue weighted by Crippen LogP contribution is 2.39. The monoisotopic (exact) mass is 371 g/mol. The van der Waals surface area contributed by atoms with E-state index in [1.807, 2.05) is 0 Å². The van der Waals surface area contributed by atoms with Crippen molar-refractivity contribution in [3.05, 3.63) is 16.0 Å². The van der Waals surface area contributed by atoms with Crippen molar-refractivity contribution in [2.24, 2.45) is 12.5 Å². The van der Waals surface area contributed by atoms with Gasteiger partial charge in [0.1, 0.15) is 16.7 Å². The number of H-pyrrole nitrogens is 1. The zero-order valence-corrected chi connectivity index (χ0v) is 16.0. The fraction of sp³-hybridized carbons (Fsp3) is 0.632. The van der Waals surface area contributed by atoms with E-state index in [4.69, 9.17) is 4.74 Å². The van der Waals surface area contributed by atoms with Gasteiger partial charge in [-0.05, 0) is 44.4 Å². The Morgan fingerprint density at radius 2 is 2.04 bits per heavy atom. The molecule has 2 fully saturated rings. The van der Waals surface area contributed by atoms with Gasteiger partial charge in [0.15, 0.2) is 5.65 Å². The molecule has 144 valence electrons. The molecular weight excluding hydrogens is 346 g/mol. The zero-order chi connectivity index (χ0) is 19.2. The van der Waals surface area contributed by atoms with Crippen LogP contribution in [-0.2, 0) is 11.8 Å². The van der Waals surface area contributed by atoms with Crippen LogP contribution in [0.5, 0.6) is 0 Å². The summed E-state index contributed by atoms with van der Waals surface area (Å²) in [5.41, 5.74) is -0.302. The Morgan fingerprint density at radius 1 is 1.30 bits per heavy atom. The number of nitrogens with one attached hydrogen (secondary N) is 1. The summed E-state index contributed by atoms with van der Waals surface area (Å²) in [4.78, 5) is 19.7. The molecule has 0 bridgehead atoms. The lowest BCUT2D eigenvalue weighted by Crippen LogP contribution is -2.43. The van der Waals surface area contributed by atoms with Gasteiger partial charge in [-0.15, -0.1) is 0 Å². The highest BCUT2D eigenvalue weighted by atomic mass is 16.5. The standard InChI is InChI=1S/C19H25N5O3/c1-18(2,26)5-4-13-14-15(22-21-13)20-17(23(3)16(14)25)24-9-6-19(7-10-24)8-11-27-12-19/h26H,6-12H2,1-3H3,(H,21,22). The third-order valence-corrected chi connectivity index (χ3v) is 5.56. The average Bonchev–Trinajstić information content (AvgIpc) is 3.24. The molecule has 2 aromatic heterocycles. The maximum absolute atomic E-state index is 12.9. The number of aromatic amines is 1. The molecule has 2 saturated heterocycles. The molecule has 0 amide bonds. The minimum Gasteiger partial charge on any atom is -0.381 e. The summed E-state index contributed by atoms with van der Waals surface area (Å²) < 4.78 is 7.16. The van der Waals surface area contributed by atoms with Gasteiger partial charge in [0.25, 0.3) is 5.56 Å². The van der Waals surface area contributed by atoms with Gasteiger partial charge in [-0.1, -0.05) is 5.92 Å². The number of aromatic nitrogens is 4. The molecule has 0 atom stereocenters. The van der Waals surface area contributed by atoms with Crippen LogP contribution in [0, 0.1) is 17.3 Å². The first-order valence-corrected chi connectivity index (χ1v) is 9.31. The maximum Gasteiger partial charge on any atom is 0.267 e. The minimum absolute atomic E-state index is 0.187. The van der Waals surface area contributed by atoms with Gasteiger partial charge in [-0.3, -0.25) is 14.5 Å². The van der Waals surface area contributed by atoms with Crippen LogP contribution in [0.1, 0.15) is 38.8 Å². The summed E-state index contributed by atoms with van der Waals surface area (Å²) in [5.74, 6) is 6.12. The van der Waals surface area contributed by atoms with E-state index in [-0.39, 0.29) is 5.56 Å². The normalized spacial score (nSPS) is 19.5. The second kappa shape index (κ2) is 6.36. The molecule has 2 aliphatic heterocycles. The van der Waals surface area contributed by atoms with E-state index in [0.717, 1.165) is 45.6 Å². The molecule has 2 aliphatic rings. The summed E-state index contributed by atoms with van der Waals surface area (Å²) in [6.07, 6.45) is 3.22. The Kier molecular flexibility index (Phi) is 4.24. The van der Waals surface area contributed by atoms with E-state index < -0.39 is 5.60 Å². The molecule has 27 heavy (non-hydrogen) atoms. The summed E-state index contributed by atoms with van der Waals surface area (Å²) in [5, 5.41) is 17.1. The first-order valence-electron chi connectivity index (χ1n) is 9.31. The molecule has 2 N–H and O–H groups in total. The summed E-state index contributed by atoms with van der Waals surface area (Å²) in [6.45, 7) is 6.58. The molecule has 0 saturated carbocycles. The van der Waals surface area contributed by atoms with Crippen molar-refractivity contribution in [1.29, 1.82) is 0 Å². The van der Waals surface area contributed by atoms with E-state index in [2.05, 4.69) is 31.9 Å². The summed E-state index contributed by atoms with van der Waals surface area (Å²) in [6, 6.07) is 0. The SMILES string of the molecule is Cn1c(N2CCC3(CCOC3)CC2)nc2[nH]nc(C#CC(C)(C)O)c2c1=O. The molecule has 0 aliphatic carbocycles. The Hall–Kier alpha value is -2.37. The lowest BCUT2D eigenvalue weighted by molar-refractivity contribution is 0.133. The van der Waals surface area contributed by atoms with Crippen LogP contribution >= 0.6 is 0 Å². The van der Waals surface area contributed by atoms with E-state index in [1.165, 1.54) is 0 Å². The predicted molar refractivity (Wildman–Crippen MR) is 102 cm³/mol. The van der Waals surface area contributed by atoms with Gasteiger partial charge in [0.05, 0.1) is 6.61 Å².